The van der Waals surface area contributed by atoms with E-state index in [0.717, 1.165) is 15.4 Å². The minimum atomic E-state index is -4.16. The highest BCUT2D eigenvalue weighted by Crippen LogP contribution is 2.27. The molecule has 236 valence electrons. The third-order valence-corrected chi connectivity index (χ3v) is 9.42. The molecule has 7 nitrogen and oxygen atoms in total. The monoisotopic (exact) mass is 645 g/mol. The first-order valence-electron chi connectivity index (χ1n) is 15.0. The number of carbonyl (C=O) groups excluding carboxylic acids is 2. The average Bonchev–Trinajstić information content (AvgIpc) is 3.02. The molecule has 4 rings (SSSR count). The molecule has 0 saturated heterocycles. The van der Waals surface area contributed by atoms with Gasteiger partial charge in [-0.1, -0.05) is 98.2 Å². The minimum absolute atomic E-state index is 0.0495. The second-order valence-corrected chi connectivity index (χ2v) is 13.9. The summed E-state index contributed by atoms with van der Waals surface area (Å²) in [7, 11) is -4.16. The van der Waals surface area contributed by atoms with Crippen LogP contribution in [-0.2, 0) is 32.6 Å². The quantitative estimate of drug-likeness (QED) is 0.173. The Hall–Kier alpha value is -4.14. The lowest BCUT2D eigenvalue weighted by molar-refractivity contribution is -0.140. The van der Waals surface area contributed by atoms with Gasteiger partial charge in [-0.15, -0.1) is 0 Å². The van der Waals surface area contributed by atoms with Crippen LogP contribution in [0.2, 0.25) is 5.02 Å². The Labute approximate surface area is 271 Å². The van der Waals surface area contributed by atoms with E-state index >= 15 is 0 Å². The summed E-state index contributed by atoms with van der Waals surface area (Å²) in [6.45, 7) is 7.36. The van der Waals surface area contributed by atoms with E-state index in [1.165, 1.54) is 17.0 Å². The van der Waals surface area contributed by atoms with Crippen LogP contribution in [0.5, 0.6) is 0 Å². The SMILES string of the molecule is CC(C)NC(=O)[C@H](Cc1ccccc1)N(Cc1cccc(Cl)c1)C(=O)CN(c1ccc(C(C)C)cc1)S(=O)(=O)c1ccccc1. The Balaban J connectivity index is 1.81. The lowest BCUT2D eigenvalue weighted by Gasteiger charge is -2.34. The Morgan fingerprint density at radius 3 is 1.96 bits per heavy atom. The largest absolute Gasteiger partial charge is 0.352 e. The lowest BCUT2D eigenvalue weighted by Crippen LogP contribution is -2.54. The van der Waals surface area contributed by atoms with Gasteiger partial charge in [0.2, 0.25) is 11.8 Å². The highest BCUT2D eigenvalue weighted by molar-refractivity contribution is 7.92. The van der Waals surface area contributed by atoms with Crippen molar-refractivity contribution < 1.29 is 18.0 Å². The number of halogens is 1. The van der Waals surface area contributed by atoms with Gasteiger partial charge in [-0.05, 0) is 72.9 Å². The maximum absolute atomic E-state index is 14.5. The van der Waals surface area contributed by atoms with Crippen molar-refractivity contribution in [3.8, 4) is 0 Å². The fourth-order valence-electron chi connectivity index (χ4n) is 5.04. The minimum Gasteiger partial charge on any atom is -0.352 e. The van der Waals surface area contributed by atoms with Crippen LogP contribution in [0.15, 0.2) is 114 Å². The average molecular weight is 646 g/mol. The summed E-state index contributed by atoms with van der Waals surface area (Å²) in [6, 6.07) is 30.7. The zero-order valence-electron chi connectivity index (χ0n) is 26.1. The van der Waals surface area contributed by atoms with Crippen LogP contribution in [0.25, 0.3) is 0 Å². The van der Waals surface area contributed by atoms with Gasteiger partial charge in [0, 0.05) is 24.0 Å². The van der Waals surface area contributed by atoms with E-state index < -0.39 is 28.5 Å². The first-order valence-corrected chi connectivity index (χ1v) is 16.8. The van der Waals surface area contributed by atoms with Gasteiger partial charge in [-0.3, -0.25) is 13.9 Å². The Morgan fingerprint density at radius 2 is 1.38 bits per heavy atom. The molecule has 0 aliphatic rings. The highest BCUT2D eigenvalue weighted by atomic mass is 35.5. The van der Waals surface area contributed by atoms with Crippen molar-refractivity contribution in [2.75, 3.05) is 10.8 Å². The van der Waals surface area contributed by atoms with Crippen molar-refractivity contribution in [3.05, 3.63) is 131 Å². The molecule has 0 bridgehead atoms. The molecule has 0 fully saturated rings. The van der Waals surface area contributed by atoms with Crippen LogP contribution >= 0.6 is 11.6 Å². The van der Waals surface area contributed by atoms with Gasteiger partial charge >= 0.3 is 0 Å². The van der Waals surface area contributed by atoms with Gasteiger partial charge < -0.3 is 10.2 Å². The number of rotatable bonds is 13. The van der Waals surface area contributed by atoms with Crippen molar-refractivity contribution in [1.82, 2.24) is 10.2 Å². The Kier molecular flexibility index (Phi) is 11.4. The summed E-state index contributed by atoms with van der Waals surface area (Å²) in [5.74, 6) is -0.614. The number of sulfonamides is 1. The van der Waals surface area contributed by atoms with Gasteiger partial charge in [0.1, 0.15) is 12.6 Å². The zero-order valence-corrected chi connectivity index (χ0v) is 27.6. The number of amides is 2. The molecule has 0 spiro atoms. The van der Waals surface area contributed by atoms with Crippen LogP contribution < -0.4 is 9.62 Å². The first kappa shape index (κ1) is 33.7. The molecule has 0 heterocycles. The molecule has 45 heavy (non-hydrogen) atoms. The molecule has 1 N–H and O–H groups in total. The number of benzene rings is 4. The summed E-state index contributed by atoms with van der Waals surface area (Å²) in [5.41, 5.74) is 2.97. The maximum Gasteiger partial charge on any atom is 0.264 e. The Bertz CT molecular complexity index is 1680. The summed E-state index contributed by atoms with van der Waals surface area (Å²) < 4.78 is 29.3. The maximum atomic E-state index is 14.5. The molecule has 4 aromatic rings. The van der Waals surface area contributed by atoms with Gasteiger partial charge in [0.25, 0.3) is 10.0 Å². The van der Waals surface area contributed by atoms with Gasteiger partial charge in [-0.2, -0.15) is 0 Å². The van der Waals surface area contributed by atoms with Crippen molar-refractivity contribution >= 4 is 39.1 Å². The molecule has 1 atom stereocenters. The molecule has 0 aliphatic heterocycles. The molecule has 0 saturated carbocycles. The number of anilines is 1. The molecule has 9 heteroatoms. The van der Waals surface area contributed by atoms with Crippen LogP contribution in [-0.4, -0.2) is 43.8 Å². The predicted molar refractivity (Wildman–Crippen MR) is 181 cm³/mol. The van der Waals surface area contributed by atoms with E-state index in [0.29, 0.717) is 16.3 Å². The van der Waals surface area contributed by atoms with Crippen LogP contribution in [0.1, 0.15) is 50.3 Å². The smallest absolute Gasteiger partial charge is 0.264 e. The molecule has 0 unspecified atom stereocenters. The van der Waals surface area contributed by atoms with E-state index in [-0.39, 0.29) is 35.7 Å². The van der Waals surface area contributed by atoms with Crippen molar-refractivity contribution in [2.45, 2.75) is 63.6 Å². The van der Waals surface area contributed by atoms with E-state index in [4.69, 9.17) is 11.6 Å². The summed E-state index contributed by atoms with van der Waals surface area (Å²) in [4.78, 5) is 29.8. The second kappa shape index (κ2) is 15.2. The number of nitrogens with zero attached hydrogens (tertiary/aromatic N) is 2. The molecule has 4 aromatic carbocycles. The van der Waals surface area contributed by atoms with Crippen LogP contribution in [0, 0.1) is 0 Å². The van der Waals surface area contributed by atoms with Gasteiger partial charge in [-0.25, -0.2) is 8.42 Å². The first-order chi connectivity index (χ1) is 21.5. The van der Waals surface area contributed by atoms with E-state index in [1.54, 1.807) is 48.5 Å². The van der Waals surface area contributed by atoms with Crippen molar-refractivity contribution in [3.63, 3.8) is 0 Å². The van der Waals surface area contributed by atoms with Gasteiger partial charge in [0.05, 0.1) is 10.6 Å². The van der Waals surface area contributed by atoms with Gasteiger partial charge in [0.15, 0.2) is 0 Å². The summed E-state index contributed by atoms with van der Waals surface area (Å²) in [6.07, 6.45) is 0.236. The molecular weight excluding hydrogens is 606 g/mol. The second-order valence-electron chi connectivity index (χ2n) is 11.6. The predicted octanol–water partition coefficient (Wildman–Crippen LogP) is 6.82. The van der Waals surface area contributed by atoms with Crippen molar-refractivity contribution in [1.29, 1.82) is 0 Å². The molecule has 0 aromatic heterocycles. The fourth-order valence-corrected chi connectivity index (χ4v) is 6.69. The molecule has 0 aliphatic carbocycles. The standard InChI is InChI=1S/C36H40ClN3O4S/c1-26(2)30-18-20-32(21-19-30)40(45(43,44)33-16-9-6-10-17-33)25-35(41)39(24-29-14-11-15-31(37)22-29)34(36(42)38-27(3)4)23-28-12-7-5-8-13-28/h5-22,26-27,34H,23-25H2,1-4H3,(H,38,42)/t34-/m0/s1. The van der Waals surface area contributed by atoms with E-state index in [9.17, 15) is 18.0 Å². The zero-order chi connectivity index (χ0) is 32.6. The number of hydrogen-bond donors (Lipinski definition) is 1. The van der Waals surface area contributed by atoms with Crippen LogP contribution in [0.4, 0.5) is 5.69 Å². The topological polar surface area (TPSA) is 86.8 Å². The van der Waals surface area contributed by atoms with Crippen molar-refractivity contribution in [2.24, 2.45) is 0 Å². The normalized spacial score (nSPS) is 12.2. The highest BCUT2D eigenvalue weighted by Gasteiger charge is 2.34. The molecule has 0 radical (unpaired) electrons. The fraction of sp³-hybridized carbons (Fsp3) is 0.278. The Morgan fingerprint density at radius 1 is 0.778 bits per heavy atom. The van der Waals surface area contributed by atoms with E-state index in [2.05, 4.69) is 19.2 Å². The number of hydrogen-bond acceptors (Lipinski definition) is 4. The molecular formula is C36H40ClN3O4S. The lowest BCUT2D eigenvalue weighted by atomic mass is 10.0. The summed E-state index contributed by atoms with van der Waals surface area (Å²) >= 11 is 6.31. The third kappa shape index (κ3) is 8.96. The number of carbonyl (C=O) groups is 2. The summed E-state index contributed by atoms with van der Waals surface area (Å²) in [5, 5.41) is 3.45. The van der Waals surface area contributed by atoms with Crippen LogP contribution in [0.3, 0.4) is 0 Å². The molecule has 2 amide bonds. The third-order valence-electron chi connectivity index (χ3n) is 7.40. The van der Waals surface area contributed by atoms with E-state index in [1.807, 2.05) is 62.4 Å². The number of nitrogens with one attached hydrogen (secondary N) is 1.